The number of nitrogens with zero attached hydrogens (tertiary/aromatic N) is 1. The number of halogens is 3. The first-order valence-corrected chi connectivity index (χ1v) is 12.5. The number of hydrogen-bond donors (Lipinski definition) is 2. The number of carbonyl (C=O) groups is 2. The summed E-state index contributed by atoms with van der Waals surface area (Å²) < 4.78 is 66.7. The SMILES string of the molecule is CCOc1ccc(C(=O)NCc2nc(-c3ccc(OC(F)F)c(OCC4CC4)c3)oc2C(C)OC(N)=O)c(F)c1. The van der Waals surface area contributed by atoms with Gasteiger partial charge in [0.15, 0.2) is 23.4 Å². The Morgan fingerprint density at radius 2 is 1.93 bits per heavy atom. The Kier molecular flexibility index (Phi) is 9.02. The highest BCUT2D eigenvalue weighted by atomic mass is 19.3. The van der Waals surface area contributed by atoms with Gasteiger partial charge < -0.3 is 34.4 Å². The van der Waals surface area contributed by atoms with E-state index < -0.39 is 30.5 Å². The molecule has 0 radical (unpaired) electrons. The van der Waals surface area contributed by atoms with E-state index in [1.54, 1.807) is 6.92 Å². The summed E-state index contributed by atoms with van der Waals surface area (Å²) >= 11 is 0. The molecule has 10 nitrogen and oxygen atoms in total. The van der Waals surface area contributed by atoms with Gasteiger partial charge in [0, 0.05) is 11.6 Å². The lowest BCUT2D eigenvalue weighted by atomic mass is 10.2. The number of benzene rings is 2. The van der Waals surface area contributed by atoms with Crippen molar-refractivity contribution in [3.8, 4) is 28.7 Å². The highest BCUT2D eigenvalue weighted by molar-refractivity contribution is 5.94. The van der Waals surface area contributed by atoms with E-state index in [1.165, 1.54) is 37.3 Å². The number of oxazole rings is 1. The van der Waals surface area contributed by atoms with Crippen LogP contribution in [0.4, 0.5) is 18.0 Å². The second-order valence-corrected chi connectivity index (χ2v) is 8.96. The van der Waals surface area contributed by atoms with Gasteiger partial charge >= 0.3 is 12.7 Å². The summed E-state index contributed by atoms with van der Waals surface area (Å²) in [5.41, 5.74) is 5.44. The predicted octanol–water partition coefficient (Wildman–Crippen LogP) is 5.36. The number of primary amides is 1. The van der Waals surface area contributed by atoms with Crippen molar-refractivity contribution < 1.29 is 46.1 Å². The molecule has 0 saturated heterocycles. The van der Waals surface area contributed by atoms with E-state index in [4.69, 9.17) is 24.4 Å². The van der Waals surface area contributed by atoms with Crippen molar-refractivity contribution in [3.05, 3.63) is 59.2 Å². The van der Waals surface area contributed by atoms with Crippen LogP contribution in [0.1, 0.15) is 54.6 Å². The lowest BCUT2D eigenvalue weighted by molar-refractivity contribution is -0.0515. The van der Waals surface area contributed by atoms with Crippen molar-refractivity contribution in [1.29, 1.82) is 0 Å². The summed E-state index contributed by atoms with van der Waals surface area (Å²) in [5, 5.41) is 2.56. The van der Waals surface area contributed by atoms with Crippen molar-refractivity contribution in [2.24, 2.45) is 11.7 Å². The number of amides is 2. The normalized spacial score (nSPS) is 13.6. The van der Waals surface area contributed by atoms with E-state index in [0.29, 0.717) is 24.7 Å². The van der Waals surface area contributed by atoms with Gasteiger partial charge in [-0.25, -0.2) is 14.2 Å². The van der Waals surface area contributed by atoms with Crippen molar-refractivity contribution in [1.82, 2.24) is 10.3 Å². The third-order valence-corrected chi connectivity index (χ3v) is 5.88. The van der Waals surface area contributed by atoms with Crippen LogP contribution in [0.5, 0.6) is 17.2 Å². The fourth-order valence-corrected chi connectivity index (χ4v) is 3.79. The van der Waals surface area contributed by atoms with Gasteiger partial charge in [0.05, 0.1) is 25.3 Å². The van der Waals surface area contributed by atoms with Gasteiger partial charge in [0.2, 0.25) is 5.89 Å². The number of nitrogens with one attached hydrogen (secondary N) is 1. The molecule has 0 spiro atoms. The zero-order valence-electron chi connectivity index (χ0n) is 21.7. The first kappa shape index (κ1) is 28.6. The highest BCUT2D eigenvalue weighted by Crippen LogP contribution is 2.37. The van der Waals surface area contributed by atoms with Gasteiger partial charge in [-0.05, 0) is 62.9 Å². The summed E-state index contributed by atoms with van der Waals surface area (Å²) in [5.74, 6) is -0.876. The van der Waals surface area contributed by atoms with Gasteiger partial charge in [0.25, 0.3) is 5.91 Å². The Morgan fingerprint density at radius 1 is 1.15 bits per heavy atom. The van der Waals surface area contributed by atoms with Crippen LogP contribution >= 0.6 is 0 Å². The maximum Gasteiger partial charge on any atom is 0.405 e. The molecule has 4 rings (SSSR count). The van der Waals surface area contributed by atoms with Crippen LogP contribution in [0.3, 0.4) is 0 Å². The Morgan fingerprint density at radius 3 is 2.58 bits per heavy atom. The number of hydrogen-bond acceptors (Lipinski definition) is 8. The number of alkyl halides is 2. The zero-order valence-corrected chi connectivity index (χ0v) is 21.7. The molecule has 1 saturated carbocycles. The monoisotopic (exact) mass is 563 g/mol. The van der Waals surface area contributed by atoms with Crippen LogP contribution in [0.2, 0.25) is 0 Å². The van der Waals surface area contributed by atoms with Gasteiger partial charge in [-0.3, -0.25) is 4.79 Å². The molecule has 3 N–H and O–H groups in total. The van der Waals surface area contributed by atoms with E-state index in [-0.39, 0.29) is 46.7 Å². The molecule has 1 aromatic heterocycles. The quantitative estimate of drug-likeness (QED) is 0.284. The number of rotatable bonds is 13. The maximum atomic E-state index is 14.5. The summed E-state index contributed by atoms with van der Waals surface area (Å²) in [7, 11) is 0. The molecule has 3 aromatic rings. The van der Waals surface area contributed by atoms with Crippen molar-refractivity contribution in [2.75, 3.05) is 13.2 Å². The minimum atomic E-state index is -3.05. The van der Waals surface area contributed by atoms with Crippen molar-refractivity contribution >= 4 is 12.0 Å². The lowest BCUT2D eigenvalue weighted by Gasteiger charge is -2.13. The van der Waals surface area contributed by atoms with Crippen molar-refractivity contribution in [2.45, 2.75) is 45.9 Å². The molecular weight excluding hydrogens is 535 g/mol. The number of nitrogens with two attached hydrogens (primary N) is 1. The predicted molar refractivity (Wildman–Crippen MR) is 135 cm³/mol. The highest BCUT2D eigenvalue weighted by Gasteiger charge is 2.26. The largest absolute Gasteiger partial charge is 0.494 e. The average molecular weight is 564 g/mol. The third kappa shape index (κ3) is 7.36. The van der Waals surface area contributed by atoms with Crippen LogP contribution in [-0.2, 0) is 11.3 Å². The summed E-state index contributed by atoms with van der Waals surface area (Å²) in [6.45, 7) is 0.625. The van der Waals surface area contributed by atoms with Crippen LogP contribution in [0.25, 0.3) is 11.5 Å². The van der Waals surface area contributed by atoms with Gasteiger partial charge in [-0.15, -0.1) is 0 Å². The summed E-state index contributed by atoms with van der Waals surface area (Å²) in [4.78, 5) is 28.5. The van der Waals surface area contributed by atoms with Crippen LogP contribution in [-0.4, -0.2) is 36.8 Å². The first-order chi connectivity index (χ1) is 19.1. The molecule has 0 aliphatic heterocycles. The molecule has 1 atom stereocenters. The molecule has 1 unspecified atom stereocenters. The smallest absolute Gasteiger partial charge is 0.405 e. The van der Waals surface area contributed by atoms with E-state index >= 15 is 0 Å². The molecule has 0 bridgehead atoms. The summed E-state index contributed by atoms with van der Waals surface area (Å²) in [6, 6.07) is 8.03. The van der Waals surface area contributed by atoms with Gasteiger partial charge in [0.1, 0.15) is 17.3 Å². The zero-order chi connectivity index (χ0) is 28.8. The van der Waals surface area contributed by atoms with E-state index in [9.17, 15) is 22.8 Å². The Labute approximate surface area is 227 Å². The summed E-state index contributed by atoms with van der Waals surface area (Å²) in [6.07, 6.45) is -0.0938. The minimum absolute atomic E-state index is 0.0197. The molecule has 1 fully saturated rings. The van der Waals surface area contributed by atoms with E-state index in [2.05, 4.69) is 15.0 Å². The van der Waals surface area contributed by atoms with Gasteiger partial charge in [-0.1, -0.05) is 0 Å². The molecule has 40 heavy (non-hydrogen) atoms. The van der Waals surface area contributed by atoms with Crippen LogP contribution in [0, 0.1) is 11.7 Å². The molecular formula is C27H28F3N3O7. The fourth-order valence-electron chi connectivity index (χ4n) is 3.79. The standard InChI is InChI=1S/C27H28F3N3O7/c1-3-36-17-7-8-18(19(28)11-17)24(34)32-12-20-23(14(2)38-27(31)35)40-25(33-20)16-6-9-21(39-26(29)30)22(10-16)37-13-15-4-5-15/h6-11,14-15,26H,3-5,12-13H2,1-2H3,(H2,31,35)(H,32,34). The Hall–Kier alpha value is -4.42. The molecule has 2 amide bonds. The fraction of sp³-hybridized carbons (Fsp3) is 0.370. The Bertz CT molecular complexity index is 1360. The number of carbonyl (C=O) groups excluding carboxylic acids is 2. The molecule has 13 heteroatoms. The molecule has 1 heterocycles. The van der Waals surface area contributed by atoms with Crippen LogP contribution < -0.4 is 25.3 Å². The van der Waals surface area contributed by atoms with E-state index in [0.717, 1.165) is 18.9 Å². The maximum absolute atomic E-state index is 14.5. The van der Waals surface area contributed by atoms with Gasteiger partial charge in [-0.2, -0.15) is 8.78 Å². The first-order valence-electron chi connectivity index (χ1n) is 12.5. The molecule has 2 aromatic carbocycles. The topological polar surface area (TPSA) is 135 Å². The Balaban J connectivity index is 1.59. The number of ether oxygens (including phenoxy) is 4. The minimum Gasteiger partial charge on any atom is -0.494 e. The molecule has 1 aliphatic carbocycles. The second-order valence-electron chi connectivity index (χ2n) is 8.96. The molecule has 214 valence electrons. The lowest BCUT2D eigenvalue weighted by Crippen LogP contribution is -2.25. The van der Waals surface area contributed by atoms with E-state index in [1.807, 2.05) is 0 Å². The third-order valence-electron chi connectivity index (χ3n) is 5.88. The average Bonchev–Trinajstić information content (AvgIpc) is 3.62. The van der Waals surface area contributed by atoms with Crippen LogP contribution in [0.15, 0.2) is 40.8 Å². The second kappa shape index (κ2) is 12.6. The van der Waals surface area contributed by atoms with Crippen molar-refractivity contribution in [3.63, 3.8) is 0 Å². The molecule has 1 aliphatic rings. The number of aromatic nitrogens is 1.